The van der Waals surface area contributed by atoms with Crippen LogP contribution in [0.2, 0.25) is 0 Å². The fraction of sp³-hybridized carbons (Fsp3) is 0.167. The largest absolute Gasteiger partial charge is 0.502 e. The van der Waals surface area contributed by atoms with Crippen LogP contribution in [0.25, 0.3) is 6.08 Å². The van der Waals surface area contributed by atoms with Crippen molar-refractivity contribution in [2.45, 2.75) is 6.92 Å². The highest BCUT2D eigenvalue weighted by Gasteiger charge is 2.32. The molecule has 1 saturated heterocycles. The minimum absolute atomic E-state index is 0.0387. The molecule has 0 aromatic heterocycles. The van der Waals surface area contributed by atoms with Crippen molar-refractivity contribution in [3.8, 4) is 5.75 Å². The van der Waals surface area contributed by atoms with E-state index in [1.54, 1.807) is 6.92 Å². The molecule has 0 saturated carbocycles. The average Bonchev–Trinajstić information content (AvgIpc) is 2.66. The van der Waals surface area contributed by atoms with Crippen LogP contribution in [0.15, 0.2) is 23.9 Å². The van der Waals surface area contributed by atoms with E-state index in [0.717, 1.165) is 17.0 Å². The highest BCUT2D eigenvalue weighted by atomic mass is 16.6. The molecule has 0 unspecified atom stereocenters. The molecule has 2 rings (SSSR count). The van der Waals surface area contributed by atoms with Crippen LogP contribution < -0.4 is 5.32 Å². The van der Waals surface area contributed by atoms with E-state index in [-0.39, 0.29) is 12.2 Å². The number of nitrogens with one attached hydrogen (secondary N) is 1. The number of rotatable bonds is 3. The van der Waals surface area contributed by atoms with Gasteiger partial charge in [-0.05, 0) is 24.6 Å². The molecule has 0 radical (unpaired) electrons. The number of nitrogens with zero attached hydrogens (tertiary/aromatic N) is 2. The Morgan fingerprint density at radius 2 is 2.15 bits per heavy atom. The first kappa shape index (κ1) is 13.5. The van der Waals surface area contributed by atoms with E-state index in [4.69, 9.17) is 0 Å². The quantitative estimate of drug-likeness (QED) is 0.373. The third-order valence-electron chi connectivity index (χ3n) is 2.79. The molecular weight excluding hydrogens is 266 g/mol. The number of nitro groups is 1. The number of amides is 3. The summed E-state index contributed by atoms with van der Waals surface area (Å²) >= 11 is 0. The number of benzene rings is 1. The Kier molecular flexibility index (Phi) is 3.38. The Morgan fingerprint density at radius 3 is 2.70 bits per heavy atom. The molecule has 104 valence electrons. The molecule has 3 amide bonds. The summed E-state index contributed by atoms with van der Waals surface area (Å²) in [7, 11) is 0. The standard InChI is InChI=1S/C12H11N3O5/c1-2-14-11(17)8(13-12(14)18)5-7-3-4-10(16)9(6-7)15(19)20/h3-6,16H,2H2,1H3,(H,13,18)/b8-5+. The topological polar surface area (TPSA) is 113 Å². The van der Waals surface area contributed by atoms with Crippen LogP contribution in [-0.2, 0) is 4.79 Å². The lowest BCUT2D eigenvalue weighted by Gasteiger charge is -2.06. The maximum absolute atomic E-state index is 11.8. The zero-order valence-corrected chi connectivity index (χ0v) is 10.5. The summed E-state index contributed by atoms with van der Waals surface area (Å²) in [5.41, 5.74) is -0.101. The van der Waals surface area contributed by atoms with E-state index in [0.29, 0.717) is 5.56 Å². The molecule has 1 aliphatic rings. The van der Waals surface area contributed by atoms with E-state index in [1.807, 2.05) is 0 Å². The molecule has 1 fully saturated rings. The van der Waals surface area contributed by atoms with Gasteiger partial charge < -0.3 is 10.4 Å². The number of nitro benzene ring substituents is 1. The molecule has 1 heterocycles. The minimum Gasteiger partial charge on any atom is -0.502 e. The molecule has 0 spiro atoms. The SMILES string of the molecule is CCN1C(=O)N/C(=C/c2ccc(O)c([N+](=O)[O-])c2)C1=O. The Morgan fingerprint density at radius 1 is 1.45 bits per heavy atom. The summed E-state index contributed by atoms with van der Waals surface area (Å²) in [6.07, 6.45) is 1.32. The molecule has 1 aliphatic heterocycles. The van der Waals surface area contributed by atoms with Gasteiger partial charge in [-0.25, -0.2) is 4.79 Å². The van der Waals surface area contributed by atoms with Crippen molar-refractivity contribution in [3.05, 3.63) is 39.6 Å². The monoisotopic (exact) mass is 277 g/mol. The molecular formula is C12H11N3O5. The molecule has 0 bridgehead atoms. The molecule has 20 heavy (non-hydrogen) atoms. The van der Waals surface area contributed by atoms with Crippen LogP contribution in [0.1, 0.15) is 12.5 Å². The van der Waals surface area contributed by atoms with Crippen LogP contribution >= 0.6 is 0 Å². The summed E-state index contributed by atoms with van der Waals surface area (Å²) in [6.45, 7) is 1.89. The highest BCUT2D eigenvalue weighted by molar-refractivity contribution is 6.13. The second-order valence-electron chi connectivity index (χ2n) is 4.04. The van der Waals surface area contributed by atoms with Crippen molar-refractivity contribution in [2.75, 3.05) is 6.54 Å². The summed E-state index contributed by atoms with van der Waals surface area (Å²) in [5, 5.41) is 22.4. The number of carbonyl (C=O) groups is 2. The molecule has 1 aromatic carbocycles. The Hall–Kier alpha value is -2.90. The van der Waals surface area contributed by atoms with Crippen LogP contribution in [0.5, 0.6) is 5.75 Å². The number of likely N-dealkylation sites (N-methyl/N-ethyl adjacent to an activating group) is 1. The Labute approximate surface area is 113 Å². The van der Waals surface area contributed by atoms with Crippen molar-refractivity contribution in [2.24, 2.45) is 0 Å². The van der Waals surface area contributed by atoms with Gasteiger partial charge in [0.1, 0.15) is 5.70 Å². The van der Waals surface area contributed by atoms with Crippen molar-refractivity contribution in [1.82, 2.24) is 10.2 Å². The summed E-state index contributed by atoms with van der Waals surface area (Å²) in [4.78, 5) is 34.3. The van der Waals surface area contributed by atoms with Gasteiger partial charge in [0.2, 0.25) is 0 Å². The summed E-state index contributed by atoms with van der Waals surface area (Å²) in [6, 6.07) is 3.15. The average molecular weight is 277 g/mol. The van der Waals surface area contributed by atoms with E-state index >= 15 is 0 Å². The van der Waals surface area contributed by atoms with Gasteiger partial charge in [0.25, 0.3) is 5.91 Å². The van der Waals surface area contributed by atoms with Crippen LogP contribution in [0.3, 0.4) is 0 Å². The zero-order valence-electron chi connectivity index (χ0n) is 10.5. The second-order valence-corrected chi connectivity index (χ2v) is 4.04. The van der Waals surface area contributed by atoms with Gasteiger partial charge in [-0.1, -0.05) is 6.07 Å². The van der Waals surface area contributed by atoms with Crippen molar-refractivity contribution in [1.29, 1.82) is 0 Å². The van der Waals surface area contributed by atoms with Gasteiger partial charge in [0.15, 0.2) is 5.75 Å². The lowest BCUT2D eigenvalue weighted by molar-refractivity contribution is -0.385. The predicted molar refractivity (Wildman–Crippen MR) is 68.7 cm³/mol. The van der Waals surface area contributed by atoms with E-state index in [2.05, 4.69) is 5.32 Å². The van der Waals surface area contributed by atoms with E-state index in [9.17, 15) is 24.8 Å². The Balaban J connectivity index is 2.37. The van der Waals surface area contributed by atoms with Crippen molar-refractivity contribution < 1.29 is 19.6 Å². The molecule has 8 nitrogen and oxygen atoms in total. The number of urea groups is 1. The van der Waals surface area contributed by atoms with Crippen LogP contribution in [0.4, 0.5) is 10.5 Å². The smallest absolute Gasteiger partial charge is 0.328 e. The first-order valence-electron chi connectivity index (χ1n) is 5.76. The Bertz CT molecular complexity index is 638. The van der Waals surface area contributed by atoms with Gasteiger partial charge in [-0.15, -0.1) is 0 Å². The number of imide groups is 1. The highest BCUT2D eigenvalue weighted by Crippen LogP contribution is 2.27. The number of phenols is 1. The molecule has 1 aromatic rings. The van der Waals surface area contributed by atoms with Gasteiger partial charge in [-0.2, -0.15) is 0 Å². The lowest BCUT2D eigenvalue weighted by atomic mass is 10.1. The zero-order chi connectivity index (χ0) is 14.9. The third kappa shape index (κ3) is 2.30. The summed E-state index contributed by atoms with van der Waals surface area (Å²) < 4.78 is 0. The number of phenolic OH excluding ortho intramolecular Hbond substituents is 1. The minimum atomic E-state index is -0.731. The van der Waals surface area contributed by atoms with Crippen molar-refractivity contribution in [3.63, 3.8) is 0 Å². The molecule has 2 N–H and O–H groups in total. The second kappa shape index (κ2) is 5.00. The van der Waals surface area contributed by atoms with Crippen molar-refractivity contribution >= 4 is 23.7 Å². The summed E-state index contributed by atoms with van der Waals surface area (Å²) in [5.74, 6) is -0.956. The number of hydrogen-bond acceptors (Lipinski definition) is 5. The maximum Gasteiger partial charge on any atom is 0.328 e. The number of hydrogen-bond donors (Lipinski definition) is 2. The van der Waals surface area contributed by atoms with Gasteiger partial charge in [-0.3, -0.25) is 19.8 Å². The van der Waals surface area contributed by atoms with Gasteiger partial charge >= 0.3 is 11.7 Å². The molecule has 0 atom stereocenters. The predicted octanol–water partition coefficient (Wildman–Crippen LogP) is 1.21. The van der Waals surface area contributed by atoms with E-state index < -0.39 is 28.3 Å². The first-order valence-corrected chi connectivity index (χ1v) is 5.76. The van der Waals surface area contributed by atoms with Gasteiger partial charge in [0.05, 0.1) is 4.92 Å². The fourth-order valence-corrected chi connectivity index (χ4v) is 1.80. The van der Waals surface area contributed by atoms with Gasteiger partial charge in [0, 0.05) is 12.6 Å². The number of aromatic hydroxyl groups is 1. The first-order chi connectivity index (χ1) is 9.43. The maximum atomic E-state index is 11.8. The molecule has 0 aliphatic carbocycles. The van der Waals surface area contributed by atoms with E-state index in [1.165, 1.54) is 12.1 Å². The third-order valence-corrected chi connectivity index (χ3v) is 2.79. The van der Waals surface area contributed by atoms with Crippen LogP contribution in [-0.4, -0.2) is 33.4 Å². The normalized spacial score (nSPS) is 16.6. The molecule has 8 heteroatoms. The number of carbonyl (C=O) groups excluding carboxylic acids is 2. The van der Waals surface area contributed by atoms with Crippen LogP contribution in [0, 0.1) is 10.1 Å². The fourth-order valence-electron chi connectivity index (χ4n) is 1.80. The lowest BCUT2D eigenvalue weighted by Crippen LogP contribution is -2.30.